The van der Waals surface area contributed by atoms with Gasteiger partial charge in [0.25, 0.3) is 0 Å². The molecule has 0 saturated heterocycles. The first kappa shape index (κ1) is 15.3. The summed E-state index contributed by atoms with van der Waals surface area (Å²) < 4.78 is 11.2. The molecule has 3 nitrogen and oxygen atoms in total. The van der Waals surface area contributed by atoms with Crippen LogP contribution in [0.5, 0.6) is 11.5 Å². The molecule has 0 aliphatic carbocycles. The van der Waals surface area contributed by atoms with Crippen LogP contribution < -0.4 is 15.2 Å². The highest BCUT2D eigenvalue weighted by Gasteiger charge is 2.12. The summed E-state index contributed by atoms with van der Waals surface area (Å²) in [6.07, 6.45) is 1.67. The van der Waals surface area contributed by atoms with Gasteiger partial charge in [-0.3, -0.25) is 0 Å². The Labute approximate surface area is 110 Å². The molecular formula is C11H15BrClNO2. The second kappa shape index (κ2) is 6.78. The van der Waals surface area contributed by atoms with Crippen molar-refractivity contribution < 1.29 is 9.47 Å². The standard InChI is InChI=1S/C11H14BrNO2.ClH/c1-4-8(13)7-5-9(14-2)11(12)10(6-7)15-3;/h4-6,8H,1,13H2,2-3H3;1H/t8-;/m0./s1. The lowest BCUT2D eigenvalue weighted by molar-refractivity contribution is 0.388. The Morgan fingerprint density at radius 1 is 1.31 bits per heavy atom. The molecule has 1 aromatic carbocycles. The van der Waals surface area contributed by atoms with E-state index in [0.29, 0.717) is 11.5 Å². The molecule has 0 unspecified atom stereocenters. The van der Waals surface area contributed by atoms with Crippen molar-refractivity contribution in [1.82, 2.24) is 0 Å². The van der Waals surface area contributed by atoms with Crippen LogP contribution in [-0.2, 0) is 0 Å². The fourth-order valence-corrected chi connectivity index (χ4v) is 1.77. The van der Waals surface area contributed by atoms with Gasteiger partial charge in [-0.1, -0.05) is 6.08 Å². The number of rotatable bonds is 4. The minimum Gasteiger partial charge on any atom is -0.495 e. The summed E-state index contributed by atoms with van der Waals surface area (Å²) >= 11 is 3.39. The average molecular weight is 309 g/mol. The van der Waals surface area contributed by atoms with Crippen molar-refractivity contribution in [1.29, 1.82) is 0 Å². The fraction of sp³-hybridized carbons (Fsp3) is 0.273. The van der Waals surface area contributed by atoms with E-state index in [0.717, 1.165) is 10.0 Å². The summed E-state index contributed by atoms with van der Waals surface area (Å²) in [5.41, 5.74) is 6.75. The van der Waals surface area contributed by atoms with Crippen LogP contribution >= 0.6 is 28.3 Å². The lowest BCUT2D eigenvalue weighted by Gasteiger charge is -2.13. The molecule has 1 atom stereocenters. The predicted octanol–water partition coefficient (Wildman–Crippen LogP) is 3.07. The molecule has 0 aliphatic rings. The van der Waals surface area contributed by atoms with Crippen molar-refractivity contribution in [2.45, 2.75) is 6.04 Å². The minimum atomic E-state index is -0.221. The molecule has 1 rings (SSSR count). The third-order valence-electron chi connectivity index (χ3n) is 2.11. The van der Waals surface area contributed by atoms with Gasteiger partial charge in [0.15, 0.2) is 0 Å². The Bertz CT molecular complexity index is 346. The van der Waals surface area contributed by atoms with Crippen LogP contribution in [0.25, 0.3) is 0 Å². The zero-order chi connectivity index (χ0) is 11.4. The van der Waals surface area contributed by atoms with Crippen molar-refractivity contribution >= 4 is 28.3 Å². The molecule has 0 heterocycles. The number of ether oxygens (including phenoxy) is 2. The summed E-state index contributed by atoms with van der Waals surface area (Å²) in [5, 5.41) is 0. The second-order valence-corrected chi connectivity index (χ2v) is 3.79. The molecule has 0 spiro atoms. The van der Waals surface area contributed by atoms with E-state index in [1.54, 1.807) is 20.3 Å². The SMILES string of the molecule is C=C[C@H](N)c1cc(OC)c(Br)c(OC)c1.Cl. The second-order valence-electron chi connectivity index (χ2n) is 3.00. The van der Waals surface area contributed by atoms with Gasteiger partial charge in [-0.2, -0.15) is 0 Å². The van der Waals surface area contributed by atoms with Crippen molar-refractivity contribution in [3.63, 3.8) is 0 Å². The molecule has 0 amide bonds. The number of methoxy groups -OCH3 is 2. The van der Waals surface area contributed by atoms with Crippen LogP contribution in [0.4, 0.5) is 0 Å². The summed E-state index contributed by atoms with van der Waals surface area (Å²) in [7, 11) is 3.20. The van der Waals surface area contributed by atoms with Crippen LogP contribution in [0.1, 0.15) is 11.6 Å². The number of halogens is 2. The molecular weight excluding hydrogens is 293 g/mol. The largest absolute Gasteiger partial charge is 0.495 e. The number of benzene rings is 1. The monoisotopic (exact) mass is 307 g/mol. The Hall–Kier alpha value is -0.710. The Kier molecular flexibility index (Phi) is 6.48. The van der Waals surface area contributed by atoms with Gasteiger partial charge in [0.1, 0.15) is 16.0 Å². The Morgan fingerprint density at radius 3 is 2.06 bits per heavy atom. The van der Waals surface area contributed by atoms with Crippen LogP contribution in [0.3, 0.4) is 0 Å². The van der Waals surface area contributed by atoms with Gasteiger partial charge >= 0.3 is 0 Å². The molecule has 5 heteroatoms. The molecule has 16 heavy (non-hydrogen) atoms. The van der Waals surface area contributed by atoms with E-state index in [1.807, 2.05) is 12.1 Å². The summed E-state index contributed by atoms with van der Waals surface area (Å²) in [5.74, 6) is 1.39. The van der Waals surface area contributed by atoms with Crippen LogP contribution in [0, 0.1) is 0 Å². The first-order valence-electron chi connectivity index (χ1n) is 4.43. The quantitative estimate of drug-likeness (QED) is 0.869. The van der Waals surface area contributed by atoms with E-state index in [1.165, 1.54) is 0 Å². The average Bonchev–Trinajstić information content (AvgIpc) is 2.28. The molecule has 0 saturated carbocycles. The molecule has 90 valence electrons. The third kappa shape index (κ3) is 3.14. The lowest BCUT2D eigenvalue weighted by atomic mass is 10.1. The molecule has 1 aromatic rings. The summed E-state index contributed by atoms with van der Waals surface area (Å²) in [4.78, 5) is 0. The maximum atomic E-state index is 5.85. The zero-order valence-electron chi connectivity index (χ0n) is 9.20. The first-order valence-corrected chi connectivity index (χ1v) is 5.23. The van der Waals surface area contributed by atoms with Crippen molar-refractivity contribution in [3.05, 3.63) is 34.8 Å². The molecule has 2 N–H and O–H groups in total. The number of hydrogen-bond donors (Lipinski definition) is 1. The van der Waals surface area contributed by atoms with Crippen molar-refractivity contribution in [2.75, 3.05) is 14.2 Å². The van der Waals surface area contributed by atoms with Gasteiger partial charge in [-0.05, 0) is 33.6 Å². The third-order valence-corrected chi connectivity index (χ3v) is 2.89. The lowest BCUT2D eigenvalue weighted by Crippen LogP contribution is -2.07. The maximum absolute atomic E-state index is 5.85. The van der Waals surface area contributed by atoms with Gasteiger partial charge in [0.05, 0.1) is 14.2 Å². The maximum Gasteiger partial charge on any atom is 0.137 e. The van der Waals surface area contributed by atoms with Crippen molar-refractivity contribution in [2.24, 2.45) is 5.73 Å². The van der Waals surface area contributed by atoms with E-state index in [9.17, 15) is 0 Å². The highest BCUT2D eigenvalue weighted by Crippen LogP contribution is 2.36. The number of nitrogens with two attached hydrogens (primary N) is 1. The van der Waals surface area contributed by atoms with Crippen LogP contribution in [-0.4, -0.2) is 14.2 Å². The molecule has 0 radical (unpaired) electrons. The molecule has 0 aliphatic heterocycles. The van der Waals surface area contributed by atoms with Gasteiger partial charge in [0, 0.05) is 6.04 Å². The highest BCUT2D eigenvalue weighted by molar-refractivity contribution is 9.10. The number of hydrogen-bond acceptors (Lipinski definition) is 3. The zero-order valence-corrected chi connectivity index (χ0v) is 11.6. The van der Waals surface area contributed by atoms with E-state index in [2.05, 4.69) is 22.5 Å². The predicted molar refractivity (Wildman–Crippen MR) is 71.6 cm³/mol. The topological polar surface area (TPSA) is 44.5 Å². The summed E-state index contributed by atoms with van der Waals surface area (Å²) in [6, 6.07) is 3.50. The molecule has 0 aromatic heterocycles. The van der Waals surface area contributed by atoms with Crippen LogP contribution in [0.2, 0.25) is 0 Å². The van der Waals surface area contributed by atoms with Gasteiger partial charge in [-0.25, -0.2) is 0 Å². The van der Waals surface area contributed by atoms with E-state index in [4.69, 9.17) is 15.2 Å². The summed E-state index contributed by atoms with van der Waals surface area (Å²) in [6.45, 7) is 3.65. The van der Waals surface area contributed by atoms with E-state index < -0.39 is 0 Å². The van der Waals surface area contributed by atoms with Crippen molar-refractivity contribution in [3.8, 4) is 11.5 Å². The van der Waals surface area contributed by atoms with Gasteiger partial charge in [-0.15, -0.1) is 19.0 Å². The highest BCUT2D eigenvalue weighted by atomic mass is 79.9. The molecule has 0 fully saturated rings. The Balaban J connectivity index is 0.00000225. The first-order chi connectivity index (χ1) is 7.13. The Morgan fingerprint density at radius 2 is 1.75 bits per heavy atom. The fourth-order valence-electron chi connectivity index (χ4n) is 1.22. The smallest absolute Gasteiger partial charge is 0.137 e. The van der Waals surface area contributed by atoms with E-state index >= 15 is 0 Å². The minimum absolute atomic E-state index is 0. The molecule has 0 bridgehead atoms. The van der Waals surface area contributed by atoms with Gasteiger partial charge in [0.2, 0.25) is 0 Å². The van der Waals surface area contributed by atoms with E-state index in [-0.39, 0.29) is 18.4 Å². The normalized spacial score (nSPS) is 11.2. The van der Waals surface area contributed by atoms with Crippen LogP contribution in [0.15, 0.2) is 29.3 Å². The van der Waals surface area contributed by atoms with Gasteiger partial charge < -0.3 is 15.2 Å².